The van der Waals surface area contributed by atoms with Crippen LogP contribution >= 0.6 is 12.4 Å². The fourth-order valence-electron chi connectivity index (χ4n) is 3.03. The van der Waals surface area contributed by atoms with Crippen LogP contribution in [0.15, 0.2) is 24.3 Å². The molecule has 1 amide bonds. The highest BCUT2D eigenvalue weighted by Gasteiger charge is 2.41. The molecule has 2 N–H and O–H groups in total. The van der Waals surface area contributed by atoms with Crippen molar-refractivity contribution in [3.8, 4) is 0 Å². The van der Waals surface area contributed by atoms with E-state index in [2.05, 4.69) is 13.8 Å². The number of likely N-dealkylation sites (tertiary alicyclic amines) is 1. The number of benzene rings is 1. The summed E-state index contributed by atoms with van der Waals surface area (Å²) in [4.78, 5) is 14.7. The van der Waals surface area contributed by atoms with Crippen LogP contribution in [0.4, 0.5) is 4.39 Å². The second kappa shape index (κ2) is 6.55. The van der Waals surface area contributed by atoms with Gasteiger partial charge in [0.05, 0.1) is 5.41 Å². The molecule has 0 aromatic heterocycles. The third kappa shape index (κ3) is 3.44. The van der Waals surface area contributed by atoms with E-state index in [1.165, 1.54) is 6.07 Å². The first-order valence-corrected chi connectivity index (χ1v) is 7.46. The fourth-order valence-corrected chi connectivity index (χ4v) is 3.03. The summed E-state index contributed by atoms with van der Waals surface area (Å²) < 4.78 is 14.0. The van der Waals surface area contributed by atoms with Gasteiger partial charge in [0.25, 0.3) is 0 Å². The van der Waals surface area contributed by atoms with Crippen LogP contribution in [0.25, 0.3) is 0 Å². The first kappa shape index (κ1) is 18.9. The Hall–Kier alpha value is -1.13. The third-order valence-corrected chi connectivity index (χ3v) is 4.68. The number of halogens is 2. The number of amides is 1. The van der Waals surface area contributed by atoms with E-state index in [4.69, 9.17) is 5.73 Å². The van der Waals surface area contributed by atoms with Crippen LogP contribution in [0.1, 0.15) is 39.7 Å². The lowest BCUT2D eigenvalue weighted by atomic mass is 9.77. The second-order valence-corrected chi connectivity index (χ2v) is 7.22. The predicted octanol–water partition coefficient (Wildman–Crippen LogP) is 3.11. The van der Waals surface area contributed by atoms with E-state index in [0.29, 0.717) is 18.7 Å². The molecule has 2 rings (SSSR count). The van der Waals surface area contributed by atoms with E-state index in [-0.39, 0.29) is 35.6 Å². The Labute approximate surface area is 138 Å². The molecule has 124 valence electrons. The molecular weight excluding hydrogens is 303 g/mol. The van der Waals surface area contributed by atoms with Gasteiger partial charge in [0.15, 0.2) is 0 Å². The Balaban J connectivity index is 0.00000242. The monoisotopic (exact) mass is 328 g/mol. The average molecular weight is 329 g/mol. The second-order valence-electron chi connectivity index (χ2n) is 7.22. The largest absolute Gasteiger partial charge is 0.341 e. The molecule has 0 aliphatic carbocycles. The molecule has 0 radical (unpaired) electrons. The van der Waals surface area contributed by atoms with Crippen LogP contribution in [0.3, 0.4) is 0 Å². The van der Waals surface area contributed by atoms with Gasteiger partial charge in [-0.05, 0) is 31.7 Å². The van der Waals surface area contributed by atoms with E-state index in [9.17, 15) is 9.18 Å². The maximum Gasteiger partial charge on any atom is 0.232 e. The average Bonchev–Trinajstić information content (AvgIpc) is 2.41. The van der Waals surface area contributed by atoms with E-state index < -0.39 is 5.41 Å². The van der Waals surface area contributed by atoms with Crippen LogP contribution < -0.4 is 5.73 Å². The molecule has 1 aliphatic heterocycles. The first-order valence-electron chi connectivity index (χ1n) is 7.46. The van der Waals surface area contributed by atoms with Crippen molar-refractivity contribution < 1.29 is 9.18 Å². The van der Waals surface area contributed by atoms with Gasteiger partial charge in [-0.1, -0.05) is 32.0 Å². The summed E-state index contributed by atoms with van der Waals surface area (Å²) in [5, 5.41) is 0. The standard InChI is InChI=1S/C17H25FN2O.ClH/c1-16(2)11-20(10-9-14(16)19)15(21)17(3,4)12-7-5-6-8-13(12)18;/h5-8,14H,9-11,19H2,1-4H3;1H. The van der Waals surface area contributed by atoms with Gasteiger partial charge in [0.1, 0.15) is 5.82 Å². The SMILES string of the molecule is CC(C)(C(=O)N1CCC(N)C(C)(C)C1)c1ccccc1F.Cl. The van der Waals surface area contributed by atoms with Crippen molar-refractivity contribution in [3.05, 3.63) is 35.6 Å². The Morgan fingerprint density at radius 1 is 1.36 bits per heavy atom. The lowest BCUT2D eigenvalue weighted by Crippen LogP contribution is -2.57. The number of nitrogens with two attached hydrogens (primary N) is 1. The number of piperidine rings is 1. The number of hydrogen-bond acceptors (Lipinski definition) is 2. The summed E-state index contributed by atoms with van der Waals surface area (Å²) in [6.07, 6.45) is 0.784. The zero-order valence-corrected chi connectivity index (χ0v) is 14.5. The van der Waals surface area contributed by atoms with Gasteiger partial charge in [-0.15, -0.1) is 12.4 Å². The van der Waals surface area contributed by atoms with Crippen LogP contribution in [0.2, 0.25) is 0 Å². The van der Waals surface area contributed by atoms with Crippen LogP contribution in [-0.4, -0.2) is 29.9 Å². The van der Waals surface area contributed by atoms with Gasteiger partial charge in [0, 0.05) is 24.7 Å². The molecule has 1 fully saturated rings. The fraction of sp³-hybridized carbons (Fsp3) is 0.588. The number of nitrogens with zero attached hydrogens (tertiary/aromatic N) is 1. The minimum absolute atomic E-state index is 0. The van der Waals surface area contributed by atoms with Crippen LogP contribution in [0, 0.1) is 11.2 Å². The molecule has 1 aromatic rings. The number of carbonyl (C=O) groups is 1. The Morgan fingerprint density at radius 3 is 2.50 bits per heavy atom. The molecule has 1 aliphatic rings. The van der Waals surface area contributed by atoms with Gasteiger partial charge in [-0.3, -0.25) is 4.79 Å². The molecule has 5 heteroatoms. The normalized spacial score (nSPS) is 21.2. The Bertz CT molecular complexity index is 545. The molecule has 0 spiro atoms. The van der Waals surface area contributed by atoms with Crippen molar-refractivity contribution in [1.82, 2.24) is 4.90 Å². The van der Waals surface area contributed by atoms with Crippen molar-refractivity contribution in [1.29, 1.82) is 0 Å². The molecule has 0 bridgehead atoms. The molecular formula is C17H26ClFN2O. The van der Waals surface area contributed by atoms with Gasteiger partial charge < -0.3 is 10.6 Å². The smallest absolute Gasteiger partial charge is 0.232 e. The van der Waals surface area contributed by atoms with Gasteiger partial charge in [0.2, 0.25) is 5.91 Å². The zero-order valence-electron chi connectivity index (χ0n) is 13.7. The van der Waals surface area contributed by atoms with Gasteiger partial charge in [-0.2, -0.15) is 0 Å². The highest BCUT2D eigenvalue weighted by Crippen LogP contribution is 2.33. The van der Waals surface area contributed by atoms with Crippen molar-refractivity contribution >= 4 is 18.3 Å². The van der Waals surface area contributed by atoms with E-state index >= 15 is 0 Å². The van der Waals surface area contributed by atoms with Crippen molar-refractivity contribution in [3.63, 3.8) is 0 Å². The lowest BCUT2D eigenvalue weighted by molar-refractivity contribution is -0.139. The van der Waals surface area contributed by atoms with Crippen molar-refractivity contribution in [2.45, 2.75) is 45.6 Å². The first-order chi connectivity index (χ1) is 9.66. The van der Waals surface area contributed by atoms with Crippen molar-refractivity contribution in [2.24, 2.45) is 11.1 Å². The summed E-state index contributed by atoms with van der Waals surface area (Å²) in [6.45, 7) is 8.98. The van der Waals surface area contributed by atoms with Crippen LogP contribution in [0.5, 0.6) is 0 Å². The lowest BCUT2D eigenvalue weighted by Gasteiger charge is -2.45. The van der Waals surface area contributed by atoms with Gasteiger partial charge >= 0.3 is 0 Å². The maximum absolute atomic E-state index is 14.0. The van der Waals surface area contributed by atoms with Gasteiger partial charge in [-0.25, -0.2) is 4.39 Å². The topological polar surface area (TPSA) is 46.3 Å². The van der Waals surface area contributed by atoms with Crippen LogP contribution in [-0.2, 0) is 10.2 Å². The molecule has 22 heavy (non-hydrogen) atoms. The van der Waals surface area contributed by atoms with E-state index in [1.807, 2.05) is 4.90 Å². The number of hydrogen-bond donors (Lipinski definition) is 1. The molecule has 1 saturated heterocycles. The number of rotatable bonds is 2. The minimum atomic E-state index is -0.872. The zero-order chi connectivity index (χ0) is 15.8. The molecule has 0 saturated carbocycles. The summed E-state index contributed by atoms with van der Waals surface area (Å²) in [5.41, 5.74) is 5.58. The molecule has 3 nitrogen and oxygen atoms in total. The predicted molar refractivity (Wildman–Crippen MR) is 89.6 cm³/mol. The molecule has 1 unspecified atom stereocenters. The molecule has 1 aromatic carbocycles. The minimum Gasteiger partial charge on any atom is -0.341 e. The maximum atomic E-state index is 14.0. The summed E-state index contributed by atoms with van der Waals surface area (Å²) in [6, 6.07) is 6.60. The van der Waals surface area contributed by atoms with Crippen molar-refractivity contribution in [2.75, 3.05) is 13.1 Å². The van der Waals surface area contributed by atoms with E-state index in [1.54, 1.807) is 32.0 Å². The quantitative estimate of drug-likeness (QED) is 0.906. The summed E-state index contributed by atoms with van der Waals surface area (Å²) >= 11 is 0. The number of carbonyl (C=O) groups excluding carboxylic acids is 1. The third-order valence-electron chi connectivity index (χ3n) is 4.68. The van der Waals surface area contributed by atoms with E-state index in [0.717, 1.165) is 6.42 Å². The summed E-state index contributed by atoms with van der Waals surface area (Å²) in [5.74, 6) is -0.364. The highest BCUT2D eigenvalue weighted by atomic mass is 35.5. The highest BCUT2D eigenvalue weighted by molar-refractivity contribution is 5.87. The Kier molecular flexibility index (Phi) is 5.63. The molecule has 1 atom stereocenters. The summed E-state index contributed by atoms with van der Waals surface area (Å²) in [7, 11) is 0. The Morgan fingerprint density at radius 2 is 1.95 bits per heavy atom. The molecule has 1 heterocycles.